The van der Waals surface area contributed by atoms with Gasteiger partial charge in [0.05, 0.1) is 6.04 Å². The number of aliphatic imine (C=N–C) groups is 1. The average molecular weight is 200 g/mol. The van der Waals surface area contributed by atoms with Crippen molar-refractivity contribution in [1.82, 2.24) is 10.2 Å². The molecule has 4 N–H and O–H groups in total. The van der Waals surface area contributed by atoms with Crippen LogP contribution < -0.4 is 11.1 Å². The van der Waals surface area contributed by atoms with Crippen molar-refractivity contribution in [2.45, 2.75) is 18.5 Å². The van der Waals surface area contributed by atoms with Gasteiger partial charge < -0.3 is 21.1 Å². The molecule has 80 valence electrons. The minimum Gasteiger partial charge on any atom is -0.480 e. The van der Waals surface area contributed by atoms with Gasteiger partial charge in [-0.2, -0.15) is 0 Å². The number of carbonyl (C=O) groups is 1. The van der Waals surface area contributed by atoms with Crippen molar-refractivity contribution in [1.29, 1.82) is 0 Å². The van der Waals surface area contributed by atoms with Crippen LogP contribution in [0.2, 0.25) is 0 Å². The molecule has 0 unspecified atom stereocenters. The molecule has 0 radical (unpaired) electrons. The molecule has 1 aliphatic heterocycles. The maximum Gasteiger partial charge on any atom is 0.322 e. The first-order valence-electron chi connectivity index (χ1n) is 4.49. The zero-order valence-electron chi connectivity index (χ0n) is 8.40. The van der Waals surface area contributed by atoms with Crippen LogP contribution in [0.5, 0.6) is 0 Å². The van der Waals surface area contributed by atoms with Crippen LogP contribution in [0, 0.1) is 0 Å². The lowest BCUT2D eigenvalue weighted by Gasteiger charge is -2.37. The topological polar surface area (TPSA) is 90.9 Å². The van der Waals surface area contributed by atoms with E-state index in [9.17, 15) is 4.79 Å². The first-order valence-corrected chi connectivity index (χ1v) is 4.49. The summed E-state index contributed by atoms with van der Waals surface area (Å²) in [5.41, 5.74) is 5.57. The summed E-state index contributed by atoms with van der Waals surface area (Å²) in [6.07, 6.45) is 0.711. The molecule has 2 atom stereocenters. The lowest BCUT2D eigenvalue weighted by atomic mass is 10.0. The molecule has 0 amide bonds. The maximum atomic E-state index is 10.7. The Kier molecular flexibility index (Phi) is 3.29. The first kappa shape index (κ1) is 10.8. The lowest BCUT2D eigenvalue weighted by Crippen LogP contribution is -2.59. The summed E-state index contributed by atoms with van der Waals surface area (Å²) in [6, 6.07) is -1.05. The fraction of sp³-hybridized carbons (Fsp3) is 0.750. The van der Waals surface area contributed by atoms with Crippen molar-refractivity contribution in [2.75, 3.05) is 20.6 Å². The summed E-state index contributed by atoms with van der Waals surface area (Å²) >= 11 is 0. The third-order valence-corrected chi connectivity index (χ3v) is 2.47. The fourth-order valence-electron chi connectivity index (χ4n) is 1.63. The van der Waals surface area contributed by atoms with Crippen LogP contribution >= 0.6 is 0 Å². The Balaban J connectivity index is 2.74. The van der Waals surface area contributed by atoms with Gasteiger partial charge in [-0.1, -0.05) is 0 Å². The SMILES string of the molecule is CN=C1NCC[C@@H]([C@H](N)C(=O)O)N1C. The van der Waals surface area contributed by atoms with E-state index in [2.05, 4.69) is 10.3 Å². The zero-order valence-corrected chi connectivity index (χ0v) is 8.40. The van der Waals surface area contributed by atoms with Gasteiger partial charge in [0, 0.05) is 20.6 Å². The van der Waals surface area contributed by atoms with Crippen molar-refractivity contribution in [2.24, 2.45) is 10.7 Å². The number of carboxylic acids is 1. The Labute approximate surface area is 82.8 Å². The van der Waals surface area contributed by atoms with E-state index in [1.807, 2.05) is 0 Å². The number of carboxylic acid groups (broad SMARTS) is 1. The Hall–Kier alpha value is -1.30. The standard InChI is InChI=1S/C8H16N4O2/c1-10-8-11-4-3-5(12(8)2)6(9)7(13)14/h5-6H,3-4,9H2,1-2H3,(H,10,11)(H,13,14)/t5-,6-/m0/s1. The number of rotatable bonds is 2. The number of hydrogen-bond donors (Lipinski definition) is 3. The average Bonchev–Trinajstić information content (AvgIpc) is 2.17. The Morgan fingerprint density at radius 1 is 1.86 bits per heavy atom. The minimum atomic E-state index is -0.973. The Morgan fingerprint density at radius 2 is 2.50 bits per heavy atom. The summed E-state index contributed by atoms with van der Waals surface area (Å²) in [6.45, 7) is 0.711. The molecule has 0 spiro atoms. The van der Waals surface area contributed by atoms with E-state index in [1.165, 1.54) is 0 Å². The third kappa shape index (κ3) is 1.95. The summed E-state index contributed by atoms with van der Waals surface area (Å²) in [5, 5.41) is 11.9. The second kappa shape index (κ2) is 4.28. The van der Waals surface area contributed by atoms with E-state index in [0.29, 0.717) is 18.9 Å². The number of nitrogens with two attached hydrogens (primary N) is 1. The summed E-state index contributed by atoms with van der Waals surface area (Å²) in [7, 11) is 3.45. The Morgan fingerprint density at radius 3 is 3.00 bits per heavy atom. The van der Waals surface area contributed by atoms with Crippen LogP contribution in [0.1, 0.15) is 6.42 Å². The quantitative estimate of drug-likeness (QED) is 0.514. The highest BCUT2D eigenvalue weighted by atomic mass is 16.4. The molecule has 1 saturated heterocycles. The molecular weight excluding hydrogens is 184 g/mol. The van der Waals surface area contributed by atoms with Gasteiger partial charge in [-0.05, 0) is 6.42 Å². The van der Waals surface area contributed by atoms with Gasteiger partial charge >= 0.3 is 5.97 Å². The van der Waals surface area contributed by atoms with Crippen LogP contribution in [-0.2, 0) is 4.79 Å². The summed E-state index contributed by atoms with van der Waals surface area (Å²) in [5.74, 6) is -0.280. The maximum absolute atomic E-state index is 10.7. The molecule has 1 rings (SSSR count). The molecule has 1 aliphatic rings. The molecule has 1 heterocycles. The van der Waals surface area contributed by atoms with E-state index in [-0.39, 0.29) is 6.04 Å². The monoisotopic (exact) mass is 200 g/mol. The van der Waals surface area contributed by atoms with Crippen LogP contribution in [0.25, 0.3) is 0 Å². The zero-order chi connectivity index (χ0) is 10.7. The fourth-order valence-corrected chi connectivity index (χ4v) is 1.63. The molecule has 0 aromatic rings. The summed E-state index contributed by atoms with van der Waals surface area (Å²) < 4.78 is 0. The van der Waals surface area contributed by atoms with Gasteiger partial charge in [-0.15, -0.1) is 0 Å². The van der Waals surface area contributed by atoms with Gasteiger partial charge in [0.25, 0.3) is 0 Å². The van der Waals surface area contributed by atoms with Gasteiger partial charge in [0.1, 0.15) is 6.04 Å². The van der Waals surface area contributed by atoms with Gasteiger partial charge in [-0.3, -0.25) is 9.79 Å². The molecule has 1 fully saturated rings. The molecular formula is C8H16N4O2. The van der Waals surface area contributed by atoms with Crippen molar-refractivity contribution >= 4 is 11.9 Å². The van der Waals surface area contributed by atoms with Crippen molar-refractivity contribution < 1.29 is 9.90 Å². The molecule has 14 heavy (non-hydrogen) atoms. The van der Waals surface area contributed by atoms with E-state index in [0.717, 1.165) is 0 Å². The molecule has 0 bridgehead atoms. The third-order valence-electron chi connectivity index (χ3n) is 2.47. The normalized spacial score (nSPS) is 27.2. The van der Waals surface area contributed by atoms with E-state index < -0.39 is 12.0 Å². The van der Waals surface area contributed by atoms with Crippen molar-refractivity contribution in [3.8, 4) is 0 Å². The van der Waals surface area contributed by atoms with Crippen LogP contribution in [0.4, 0.5) is 0 Å². The van der Waals surface area contributed by atoms with Gasteiger partial charge in [0.15, 0.2) is 5.96 Å². The van der Waals surface area contributed by atoms with E-state index in [4.69, 9.17) is 10.8 Å². The molecule has 0 aromatic heterocycles. The molecule has 0 aromatic carbocycles. The molecule has 0 aliphatic carbocycles. The lowest BCUT2D eigenvalue weighted by molar-refractivity contribution is -0.139. The molecule has 6 nitrogen and oxygen atoms in total. The van der Waals surface area contributed by atoms with Crippen LogP contribution in [0.3, 0.4) is 0 Å². The largest absolute Gasteiger partial charge is 0.480 e. The number of nitrogens with one attached hydrogen (secondary N) is 1. The highest BCUT2D eigenvalue weighted by molar-refractivity contribution is 5.82. The van der Waals surface area contributed by atoms with Crippen LogP contribution in [0.15, 0.2) is 4.99 Å². The molecule has 6 heteroatoms. The molecule has 0 saturated carbocycles. The van der Waals surface area contributed by atoms with Crippen LogP contribution in [-0.4, -0.2) is 54.7 Å². The predicted molar refractivity (Wildman–Crippen MR) is 53.1 cm³/mol. The second-order valence-electron chi connectivity index (χ2n) is 3.30. The van der Waals surface area contributed by atoms with Crippen molar-refractivity contribution in [3.05, 3.63) is 0 Å². The highest BCUT2D eigenvalue weighted by Crippen LogP contribution is 2.10. The second-order valence-corrected chi connectivity index (χ2v) is 3.30. The minimum absolute atomic E-state index is 0.188. The summed E-state index contributed by atoms with van der Waals surface area (Å²) in [4.78, 5) is 16.5. The number of likely N-dealkylation sites (N-methyl/N-ethyl adjacent to an activating group) is 1. The number of nitrogens with zero attached hydrogens (tertiary/aromatic N) is 2. The Bertz CT molecular complexity index is 254. The highest BCUT2D eigenvalue weighted by Gasteiger charge is 2.31. The smallest absolute Gasteiger partial charge is 0.322 e. The number of guanidine groups is 1. The van der Waals surface area contributed by atoms with E-state index >= 15 is 0 Å². The van der Waals surface area contributed by atoms with Gasteiger partial charge in [0.2, 0.25) is 0 Å². The number of hydrogen-bond acceptors (Lipinski definition) is 3. The number of aliphatic carboxylic acids is 1. The van der Waals surface area contributed by atoms with Crippen molar-refractivity contribution in [3.63, 3.8) is 0 Å². The predicted octanol–water partition coefficient (Wildman–Crippen LogP) is -1.32. The first-order chi connectivity index (χ1) is 6.57. The van der Waals surface area contributed by atoms with Gasteiger partial charge in [-0.25, -0.2) is 0 Å². The van der Waals surface area contributed by atoms with E-state index in [1.54, 1.807) is 19.0 Å².